The first-order valence-electron chi connectivity index (χ1n) is 4.92. The summed E-state index contributed by atoms with van der Waals surface area (Å²) in [7, 11) is 0. The number of anilines is 1. The van der Waals surface area contributed by atoms with Gasteiger partial charge < -0.3 is 11.1 Å². The zero-order valence-corrected chi connectivity index (χ0v) is 9.01. The highest BCUT2D eigenvalue weighted by atomic mass is 16.2. The van der Waals surface area contributed by atoms with Crippen molar-refractivity contribution < 1.29 is 9.59 Å². The van der Waals surface area contributed by atoms with Gasteiger partial charge in [0.2, 0.25) is 5.91 Å². The molecule has 0 spiro atoms. The van der Waals surface area contributed by atoms with Crippen molar-refractivity contribution in [3.8, 4) is 0 Å². The van der Waals surface area contributed by atoms with Crippen LogP contribution in [0.4, 0.5) is 5.69 Å². The van der Waals surface area contributed by atoms with E-state index < -0.39 is 6.04 Å². The maximum Gasteiger partial charge on any atom is 0.241 e. The van der Waals surface area contributed by atoms with Crippen molar-refractivity contribution in [2.24, 2.45) is 5.73 Å². The van der Waals surface area contributed by atoms with Crippen molar-refractivity contribution >= 4 is 24.0 Å². The lowest BCUT2D eigenvalue weighted by atomic mass is 10.1. The van der Waals surface area contributed by atoms with Gasteiger partial charge in [-0.2, -0.15) is 0 Å². The summed E-state index contributed by atoms with van der Waals surface area (Å²) in [4.78, 5) is 21.6. The van der Waals surface area contributed by atoms with Crippen LogP contribution in [0.3, 0.4) is 0 Å². The van der Waals surface area contributed by atoms with E-state index in [0.29, 0.717) is 12.0 Å². The lowest BCUT2D eigenvalue weighted by Crippen LogP contribution is -2.32. The Morgan fingerprint density at radius 3 is 2.75 bits per heavy atom. The number of nitrogens with two attached hydrogens (primary N) is 1. The topological polar surface area (TPSA) is 72.2 Å². The molecule has 1 aromatic rings. The summed E-state index contributed by atoms with van der Waals surface area (Å²) in [6.45, 7) is 1.61. The molecule has 0 aliphatic rings. The third-order valence-corrected chi connectivity index (χ3v) is 1.99. The maximum absolute atomic E-state index is 11.4. The Kier molecular flexibility index (Phi) is 4.42. The number of nitrogens with one attached hydrogen (secondary N) is 1. The quantitative estimate of drug-likeness (QED) is 0.589. The fraction of sp³-hybridized carbons (Fsp3) is 0.167. The van der Waals surface area contributed by atoms with Crippen molar-refractivity contribution in [1.82, 2.24) is 0 Å². The molecule has 1 aromatic carbocycles. The van der Waals surface area contributed by atoms with E-state index in [1.807, 2.05) is 6.07 Å². The molecular formula is C12H14N2O2. The van der Waals surface area contributed by atoms with E-state index in [-0.39, 0.29) is 5.91 Å². The SMILES string of the molecule is CC(N)C(=O)Nc1ccccc1/C=C/C=O. The summed E-state index contributed by atoms with van der Waals surface area (Å²) < 4.78 is 0. The standard InChI is InChI=1S/C12H14N2O2/c1-9(13)12(16)14-11-7-3-2-5-10(11)6-4-8-15/h2-9H,13H2,1H3,(H,14,16)/b6-4+. The van der Waals surface area contributed by atoms with Crippen molar-refractivity contribution in [2.45, 2.75) is 13.0 Å². The summed E-state index contributed by atoms with van der Waals surface area (Å²) in [5.74, 6) is -0.257. The van der Waals surface area contributed by atoms with E-state index in [2.05, 4.69) is 5.32 Å². The Balaban J connectivity index is 2.90. The second-order valence-electron chi connectivity index (χ2n) is 3.36. The van der Waals surface area contributed by atoms with Crippen molar-refractivity contribution in [3.05, 3.63) is 35.9 Å². The van der Waals surface area contributed by atoms with Crippen LogP contribution in [-0.4, -0.2) is 18.2 Å². The third-order valence-electron chi connectivity index (χ3n) is 1.99. The van der Waals surface area contributed by atoms with Gasteiger partial charge in [-0.1, -0.05) is 18.2 Å². The van der Waals surface area contributed by atoms with Crippen LogP contribution in [0.15, 0.2) is 30.3 Å². The monoisotopic (exact) mass is 218 g/mol. The lowest BCUT2D eigenvalue weighted by Gasteiger charge is -2.10. The van der Waals surface area contributed by atoms with Gasteiger partial charge in [0.15, 0.2) is 0 Å². The average Bonchev–Trinajstić information content (AvgIpc) is 2.27. The Morgan fingerprint density at radius 2 is 2.12 bits per heavy atom. The molecule has 0 aromatic heterocycles. The molecule has 1 atom stereocenters. The van der Waals surface area contributed by atoms with Gasteiger partial charge in [0.25, 0.3) is 0 Å². The van der Waals surface area contributed by atoms with Gasteiger partial charge in [0.1, 0.15) is 6.29 Å². The molecule has 0 fully saturated rings. The molecule has 16 heavy (non-hydrogen) atoms. The van der Waals surface area contributed by atoms with Crippen LogP contribution in [0.5, 0.6) is 0 Å². The van der Waals surface area contributed by atoms with E-state index in [4.69, 9.17) is 5.73 Å². The van der Waals surface area contributed by atoms with Gasteiger partial charge in [-0.15, -0.1) is 0 Å². The minimum atomic E-state index is -0.567. The number of allylic oxidation sites excluding steroid dienone is 1. The van der Waals surface area contributed by atoms with Gasteiger partial charge in [-0.25, -0.2) is 0 Å². The zero-order valence-electron chi connectivity index (χ0n) is 9.01. The normalized spacial score (nSPS) is 12.4. The summed E-state index contributed by atoms with van der Waals surface area (Å²) in [5.41, 5.74) is 6.86. The van der Waals surface area contributed by atoms with Gasteiger partial charge >= 0.3 is 0 Å². The zero-order chi connectivity index (χ0) is 12.0. The number of hydrogen-bond acceptors (Lipinski definition) is 3. The maximum atomic E-state index is 11.4. The number of para-hydroxylation sites is 1. The molecule has 3 N–H and O–H groups in total. The highest BCUT2D eigenvalue weighted by molar-refractivity contribution is 5.96. The number of carbonyl (C=O) groups excluding carboxylic acids is 2. The molecule has 4 nitrogen and oxygen atoms in total. The first kappa shape index (κ1) is 12.1. The Bertz CT molecular complexity index is 411. The fourth-order valence-corrected chi connectivity index (χ4v) is 1.15. The second kappa shape index (κ2) is 5.82. The minimum Gasteiger partial charge on any atom is -0.324 e. The van der Waals surface area contributed by atoms with E-state index in [9.17, 15) is 9.59 Å². The van der Waals surface area contributed by atoms with Crippen LogP contribution >= 0.6 is 0 Å². The molecular weight excluding hydrogens is 204 g/mol. The highest BCUT2D eigenvalue weighted by Gasteiger charge is 2.08. The Hall–Kier alpha value is -1.94. The van der Waals surface area contributed by atoms with Crippen molar-refractivity contribution in [1.29, 1.82) is 0 Å². The molecule has 1 rings (SSSR count). The van der Waals surface area contributed by atoms with E-state index >= 15 is 0 Å². The fourth-order valence-electron chi connectivity index (χ4n) is 1.15. The third kappa shape index (κ3) is 3.33. The van der Waals surface area contributed by atoms with Crippen LogP contribution in [-0.2, 0) is 9.59 Å². The van der Waals surface area contributed by atoms with Gasteiger partial charge in [-0.05, 0) is 30.7 Å². The Labute approximate surface area is 94.1 Å². The number of amides is 1. The smallest absolute Gasteiger partial charge is 0.241 e. The molecule has 0 aliphatic heterocycles. The summed E-state index contributed by atoms with van der Waals surface area (Å²) in [6, 6.07) is 6.62. The van der Waals surface area contributed by atoms with Crippen LogP contribution in [0.25, 0.3) is 6.08 Å². The van der Waals surface area contributed by atoms with Gasteiger partial charge in [0, 0.05) is 5.69 Å². The number of rotatable bonds is 4. The van der Waals surface area contributed by atoms with Gasteiger partial charge in [-0.3, -0.25) is 9.59 Å². The number of aldehydes is 1. The van der Waals surface area contributed by atoms with Crippen LogP contribution in [0, 0.1) is 0 Å². The molecule has 84 valence electrons. The molecule has 0 heterocycles. The predicted octanol–water partition coefficient (Wildman–Crippen LogP) is 1.18. The number of benzene rings is 1. The van der Waals surface area contributed by atoms with E-state index in [1.165, 1.54) is 6.08 Å². The van der Waals surface area contributed by atoms with Crippen LogP contribution in [0.1, 0.15) is 12.5 Å². The van der Waals surface area contributed by atoms with Gasteiger partial charge in [0.05, 0.1) is 6.04 Å². The van der Waals surface area contributed by atoms with E-state index in [1.54, 1.807) is 31.2 Å². The highest BCUT2D eigenvalue weighted by Crippen LogP contribution is 2.16. The summed E-state index contributed by atoms with van der Waals surface area (Å²) in [5, 5.41) is 2.69. The average molecular weight is 218 g/mol. The molecule has 0 saturated heterocycles. The van der Waals surface area contributed by atoms with Crippen LogP contribution < -0.4 is 11.1 Å². The first-order chi connectivity index (χ1) is 7.65. The lowest BCUT2D eigenvalue weighted by molar-refractivity contribution is -0.117. The number of hydrogen-bond donors (Lipinski definition) is 2. The molecule has 0 aliphatic carbocycles. The van der Waals surface area contributed by atoms with Crippen molar-refractivity contribution in [3.63, 3.8) is 0 Å². The largest absolute Gasteiger partial charge is 0.324 e. The minimum absolute atomic E-state index is 0.257. The molecule has 0 radical (unpaired) electrons. The second-order valence-corrected chi connectivity index (χ2v) is 3.36. The molecule has 4 heteroatoms. The molecule has 1 amide bonds. The Morgan fingerprint density at radius 1 is 1.44 bits per heavy atom. The van der Waals surface area contributed by atoms with Crippen molar-refractivity contribution in [2.75, 3.05) is 5.32 Å². The summed E-state index contributed by atoms with van der Waals surface area (Å²) in [6.07, 6.45) is 3.69. The number of carbonyl (C=O) groups is 2. The predicted molar refractivity (Wildman–Crippen MR) is 63.8 cm³/mol. The molecule has 1 unspecified atom stereocenters. The first-order valence-corrected chi connectivity index (χ1v) is 4.92. The van der Waals surface area contributed by atoms with Crippen LogP contribution in [0.2, 0.25) is 0 Å². The van der Waals surface area contributed by atoms with E-state index in [0.717, 1.165) is 5.56 Å². The molecule has 0 saturated carbocycles. The summed E-state index contributed by atoms with van der Waals surface area (Å²) >= 11 is 0. The molecule has 0 bridgehead atoms.